The summed E-state index contributed by atoms with van der Waals surface area (Å²) in [6.45, 7) is 0.993. The number of carbonyl (C=O) groups is 1. The zero-order valence-electron chi connectivity index (χ0n) is 14.2. The van der Waals surface area contributed by atoms with Gasteiger partial charge < -0.3 is 5.32 Å². The third-order valence-corrected chi connectivity index (χ3v) is 7.40. The maximum absolute atomic E-state index is 12.8. The Hall–Kier alpha value is -1.54. The van der Waals surface area contributed by atoms with Crippen LogP contribution in [-0.4, -0.2) is 38.0 Å². The highest BCUT2D eigenvalue weighted by atomic mass is 35.5. The highest BCUT2D eigenvalue weighted by Gasteiger charge is 2.29. The second-order valence-electron chi connectivity index (χ2n) is 5.91. The van der Waals surface area contributed by atoms with Crippen LogP contribution in [0.15, 0.2) is 52.3 Å². The molecule has 138 valence electrons. The van der Waals surface area contributed by atoms with Gasteiger partial charge in [-0.1, -0.05) is 23.7 Å². The summed E-state index contributed by atoms with van der Waals surface area (Å²) in [5.41, 5.74) is 0.937. The second kappa shape index (κ2) is 8.00. The van der Waals surface area contributed by atoms with E-state index < -0.39 is 10.0 Å². The maximum atomic E-state index is 12.8. The minimum Gasteiger partial charge on any atom is -0.322 e. The molecule has 8 heteroatoms. The molecule has 1 heterocycles. The SMILES string of the molecule is CSc1ccccc1C(=O)Nc1ccc(Cl)c(S(=O)(=O)N2CCCC2)c1. The summed E-state index contributed by atoms with van der Waals surface area (Å²) >= 11 is 7.61. The lowest BCUT2D eigenvalue weighted by Gasteiger charge is -2.17. The topological polar surface area (TPSA) is 66.5 Å². The van der Waals surface area contributed by atoms with Gasteiger partial charge in [0, 0.05) is 23.7 Å². The number of hydrogen-bond acceptors (Lipinski definition) is 4. The van der Waals surface area contributed by atoms with E-state index in [0.29, 0.717) is 24.3 Å². The van der Waals surface area contributed by atoms with Crippen molar-refractivity contribution in [1.29, 1.82) is 0 Å². The first kappa shape index (κ1) is 19.2. The molecule has 0 radical (unpaired) electrons. The number of sulfonamides is 1. The summed E-state index contributed by atoms with van der Waals surface area (Å²) in [5.74, 6) is -0.290. The number of rotatable bonds is 5. The second-order valence-corrected chi connectivity index (χ2v) is 9.07. The van der Waals surface area contributed by atoms with Crippen LogP contribution in [-0.2, 0) is 10.0 Å². The minimum atomic E-state index is -3.66. The number of thioether (sulfide) groups is 1. The Morgan fingerprint density at radius 1 is 1.15 bits per heavy atom. The van der Waals surface area contributed by atoms with Gasteiger partial charge in [0.2, 0.25) is 10.0 Å². The first-order chi connectivity index (χ1) is 12.4. The van der Waals surface area contributed by atoms with Crippen LogP contribution in [0.5, 0.6) is 0 Å². The van der Waals surface area contributed by atoms with Gasteiger partial charge >= 0.3 is 0 Å². The van der Waals surface area contributed by atoms with E-state index in [0.717, 1.165) is 17.7 Å². The van der Waals surface area contributed by atoms with Crippen LogP contribution < -0.4 is 5.32 Å². The molecule has 3 rings (SSSR count). The standard InChI is InChI=1S/C18H19ClN2O3S2/c1-25-16-7-3-2-6-14(16)18(22)20-13-8-9-15(19)17(12-13)26(23,24)21-10-4-5-11-21/h2-3,6-9,12H,4-5,10-11H2,1H3,(H,20,22). The Kier molecular flexibility index (Phi) is 5.92. The van der Waals surface area contributed by atoms with Gasteiger partial charge in [0.15, 0.2) is 0 Å². The summed E-state index contributed by atoms with van der Waals surface area (Å²) in [5, 5.41) is 2.92. The van der Waals surface area contributed by atoms with Gasteiger partial charge in [-0.3, -0.25) is 4.79 Å². The van der Waals surface area contributed by atoms with Crippen molar-refractivity contribution in [3.63, 3.8) is 0 Å². The van der Waals surface area contributed by atoms with E-state index in [2.05, 4.69) is 5.32 Å². The fourth-order valence-electron chi connectivity index (χ4n) is 2.88. The first-order valence-corrected chi connectivity index (χ1v) is 11.2. The van der Waals surface area contributed by atoms with Gasteiger partial charge in [-0.25, -0.2) is 8.42 Å². The predicted octanol–water partition coefficient (Wildman–Crippen LogP) is 4.10. The molecule has 0 saturated carbocycles. The van der Waals surface area contributed by atoms with Gasteiger partial charge in [-0.05, 0) is 49.4 Å². The Balaban J connectivity index is 1.89. The highest BCUT2D eigenvalue weighted by molar-refractivity contribution is 7.98. The van der Waals surface area contributed by atoms with E-state index in [9.17, 15) is 13.2 Å². The van der Waals surface area contributed by atoms with Crippen LogP contribution >= 0.6 is 23.4 Å². The summed E-state index contributed by atoms with van der Waals surface area (Å²) in [7, 11) is -3.66. The van der Waals surface area contributed by atoms with Crippen LogP contribution in [0.25, 0.3) is 0 Å². The molecule has 0 atom stereocenters. The van der Waals surface area contributed by atoms with Crippen LogP contribution in [0.1, 0.15) is 23.2 Å². The lowest BCUT2D eigenvalue weighted by atomic mass is 10.2. The third kappa shape index (κ3) is 3.91. The van der Waals surface area contributed by atoms with Crippen molar-refractivity contribution in [2.24, 2.45) is 0 Å². The number of benzene rings is 2. The van der Waals surface area contributed by atoms with Gasteiger partial charge in [0.1, 0.15) is 4.90 Å². The number of nitrogens with zero attached hydrogens (tertiary/aromatic N) is 1. The molecule has 0 aromatic heterocycles. The smallest absolute Gasteiger partial charge is 0.256 e. The Morgan fingerprint density at radius 3 is 2.54 bits per heavy atom. The lowest BCUT2D eigenvalue weighted by molar-refractivity contribution is 0.102. The molecule has 26 heavy (non-hydrogen) atoms. The van der Waals surface area contributed by atoms with E-state index in [1.807, 2.05) is 18.4 Å². The van der Waals surface area contributed by atoms with E-state index in [-0.39, 0.29) is 15.8 Å². The van der Waals surface area contributed by atoms with E-state index >= 15 is 0 Å². The summed E-state index contributed by atoms with van der Waals surface area (Å²) in [6, 6.07) is 11.8. The van der Waals surface area contributed by atoms with Crippen LogP contribution in [0.2, 0.25) is 5.02 Å². The molecule has 5 nitrogen and oxygen atoms in total. The summed E-state index contributed by atoms with van der Waals surface area (Å²) < 4.78 is 27.0. The monoisotopic (exact) mass is 410 g/mol. The fourth-order valence-corrected chi connectivity index (χ4v) is 5.49. The molecule has 0 bridgehead atoms. The number of halogens is 1. The molecule has 2 aromatic carbocycles. The van der Waals surface area contributed by atoms with E-state index in [1.165, 1.54) is 28.2 Å². The molecule has 0 aliphatic carbocycles. The highest BCUT2D eigenvalue weighted by Crippen LogP contribution is 2.30. The quantitative estimate of drug-likeness (QED) is 0.753. The lowest BCUT2D eigenvalue weighted by Crippen LogP contribution is -2.28. The van der Waals surface area contributed by atoms with Crippen molar-refractivity contribution < 1.29 is 13.2 Å². The Bertz CT molecular complexity index is 926. The van der Waals surface area contributed by atoms with Crippen molar-refractivity contribution in [3.05, 3.63) is 53.1 Å². The van der Waals surface area contributed by atoms with Crippen molar-refractivity contribution in [2.45, 2.75) is 22.6 Å². The van der Waals surface area contributed by atoms with Crippen molar-refractivity contribution in [3.8, 4) is 0 Å². The fraction of sp³-hybridized carbons (Fsp3) is 0.278. The molecule has 0 unspecified atom stereocenters. The molecule has 1 saturated heterocycles. The van der Waals surface area contributed by atoms with Crippen molar-refractivity contribution in [1.82, 2.24) is 4.31 Å². The number of anilines is 1. The van der Waals surface area contributed by atoms with E-state index in [4.69, 9.17) is 11.6 Å². The molecule has 0 spiro atoms. The number of hydrogen-bond donors (Lipinski definition) is 1. The molecular formula is C18H19ClN2O3S2. The van der Waals surface area contributed by atoms with Crippen LogP contribution in [0, 0.1) is 0 Å². The normalized spacial score (nSPS) is 15.2. The van der Waals surface area contributed by atoms with Crippen LogP contribution in [0.3, 0.4) is 0 Å². The number of carbonyl (C=O) groups excluding carboxylic acids is 1. The van der Waals surface area contributed by atoms with Gasteiger partial charge in [-0.15, -0.1) is 11.8 Å². The minimum absolute atomic E-state index is 0.0250. The van der Waals surface area contributed by atoms with Crippen molar-refractivity contribution in [2.75, 3.05) is 24.7 Å². The number of nitrogens with one attached hydrogen (secondary N) is 1. The summed E-state index contributed by atoms with van der Waals surface area (Å²) in [6.07, 6.45) is 3.59. The van der Waals surface area contributed by atoms with Gasteiger partial charge in [0.25, 0.3) is 5.91 Å². The Labute approximate surface area is 162 Å². The molecular weight excluding hydrogens is 392 g/mol. The molecule has 1 amide bonds. The largest absolute Gasteiger partial charge is 0.322 e. The van der Waals surface area contributed by atoms with Gasteiger partial charge in [-0.2, -0.15) is 4.31 Å². The van der Waals surface area contributed by atoms with Crippen LogP contribution in [0.4, 0.5) is 5.69 Å². The van der Waals surface area contributed by atoms with Crippen molar-refractivity contribution >= 4 is 45.0 Å². The molecule has 1 aliphatic rings. The molecule has 1 aliphatic heterocycles. The average molecular weight is 411 g/mol. The molecule has 2 aromatic rings. The maximum Gasteiger partial charge on any atom is 0.256 e. The first-order valence-electron chi connectivity index (χ1n) is 8.17. The third-order valence-electron chi connectivity index (χ3n) is 4.22. The van der Waals surface area contributed by atoms with Gasteiger partial charge in [0.05, 0.1) is 10.6 Å². The Morgan fingerprint density at radius 2 is 1.85 bits per heavy atom. The summed E-state index contributed by atoms with van der Waals surface area (Å²) in [4.78, 5) is 13.5. The average Bonchev–Trinajstić information content (AvgIpc) is 3.18. The predicted molar refractivity (Wildman–Crippen MR) is 106 cm³/mol. The number of amides is 1. The molecule has 1 fully saturated rings. The van der Waals surface area contributed by atoms with E-state index in [1.54, 1.807) is 18.2 Å². The zero-order chi connectivity index (χ0) is 18.7. The molecule has 1 N–H and O–H groups in total. The zero-order valence-corrected chi connectivity index (χ0v) is 16.6.